The Morgan fingerprint density at radius 1 is 1.24 bits per heavy atom. The molecule has 0 aliphatic rings. The molecule has 0 spiro atoms. The van der Waals surface area contributed by atoms with E-state index in [1.165, 1.54) is 29.2 Å². The van der Waals surface area contributed by atoms with Gasteiger partial charge in [0, 0.05) is 17.8 Å². The molecule has 2 rings (SSSR count). The highest BCUT2D eigenvalue weighted by Gasteiger charge is 2.19. The summed E-state index contributed by atoms with van der Waals surface area (Å²) in [5, 5.41) is 10.6. The van der Waals surface area contributed by atoms with Crippen molar-refractivity contribution < 1.29 is 23.1 Å². The van der Waals surface area contributed by atoms with Crippen molar-refractivity contribution in [1.29, 1.82) is 0 Å². The van der Waals surface area contributed by atoms with Gasteiger partial charge >= 0.3 is 5.97 Å². The number of nitrogens with zero attached hydrogens (tertiary/aromatic N) is 1. The van der Waals surface area contributed by atoms with Crippen molar-refractivity contribution >= 4 is 38.9 Å². The maximum atomic E-state index is 12.5. The van der Waals surface area contributed by atoms with Crippen molar-refractivity contribution in [2.45, 2.75) is 17.6 Å². The summed E-state index contributed by atoms with van der Waals surface area (Å²) >= 11 is 1.09. The lowest BCUT2D eigenvalue weighted by Gasteiger charge is -2.20. The zero-order chi connectivity index (χ0) is 18.4. The first-order chi connectivity index (χ1) is 11.8. The van der Waals surface area contributed by atoms with Crippen molar-refractivity contribution in [2.24, 2.45) is 0 Å². The van der Waals surface area contributed by atoms with Gasteiger partial charge in [-0.3, -0.25) is 14.3 Å². The van der Waals surface area contributed by atoms with E-state index in [-0.39, 0.29) is 15.5 Å². The molecule has 0 unspecified atom stereocenters. The number of carbonyl (C=O) groups is 2. The number of nitrogens with one attached hydrogen (secondary N) is 1. The van der Waals surface area contributed by atoms with E-state index in [0.29, 0.717) is 13.0 Å². The normalized spacial score (nSPS) is 11.1. The number of amides is 1. The summed E-state index contributed by atoms with van der Waals surface area (Å²) in [6.07, 6.45) is 0.615. The predicted octanol–water partition coefficient (Wildman–Crippen LogP) is 2.49. The van der Waals surface area contributed by atoms with Crippen molar-refractivity contribution in [3.63, 3.8) is 0 Å². The van der Waals surface area contributed by atoms with Crippen LogP contribution < -0.4 is 4.72 Å². The van der Waals surface area contributed by atoms with Crippen LogP contribution in [-0.4, -0.2) is 43.4 Å². The van der Waals surface area contributed by atoms with E-state index in [1.54, 1.807) is 17.5 Å². The number of thiophene rings is 1. The topological polar surface area (TPSA) is 104 Å². The van der Waals surface area contributed by atoms with E-state index in [2.05, 4.69) is 4.72 Å². The van der Waals surface area contributed by atoms with Crippen LogP contribution in [0.25, 0.3) is 0 Å². The SMILES string of the molecule is CCCN(CC(=O)O)C(=O)c1cccc(NS(=O)(=O)c2cccs2)c1. The van der Waals surface area contributed by atoms with E-state index in [9.17, 15) is 18.0 Å². The van der Waals surface area contributed by atoms with Crippen LogP contribution in [0.5, 0.6) is 0 Å². The molecule has 0 radical (unpaired) electrons. The third kappa shape index (κ3) is 5.04. The van der Waals surface area contributed by atoms with Gasteiger partial charge in [-0.05, 0) is 36.1 Å². The largest absolute Gasteiger partial charge is 0.480 e. The molecule has 0 bridgehead atoms. The molecule has 25 heavy (non-hydrogen) atoms. The quantitative estimate of drug-likeness (QED) is 0.730. The zero-order valence-corrected chi connectivity index (χ0v) is 15.1. The lowest BCUT2D eigenvalue weighted by molar-refractivity contribution is -0.137. The Balaban J connectivity index is 2.23. The molecule has 0 aliphatic heterocycles. The molecule has 1 aromatic carbocycles. The Kier molecular flexibility index (Phi) is 6.16. The van der Waals surface area contributed by atoms with Crippen LogP contribution in [0.4, 0.5) is 5.69 Å². The number of carboxylic acid groups (broad SMARTS) is 1. The van der Waals surface area contributed by atoms with Crippen LogP contribution >= 0.6 is 11.3 Å². The summed E-state index contributed by atoms with van der Waals surface area (Å²) in [6, 6.07) is 9.12. The number of rotatable bonds is 8. The number of benzene rings is 1. The van der Waals surface area contributed by atoms with Gasteiger partial charge in [-0.15, -0.1) is 11.3 Å². The van der Waals surface area contributed by atoms with Crippen molar-refractivity contribution in [2.75, 3.05) is 17.8 Å². The van der Waals surface area contributed by atoms with E-state index in [0.717, 1.165) is 11.3 Å². The molecule has 1 aromatic heterocycles. The fourth-order valence-corrected chi connectivity index (χ4v) is 4.25. The first-order valence-electron chi connectivity index (χ1n) is 7.51. The molecule has 2 N–H and O–H groups in total. The van der Waals surface area contributed by atoms with Gasteiger partial charge in [-0.25, -0.2) is 8.42 Å². The number of carboxylic acids is 1. The second-order valence-corrected chi connectivity index (χ2v) is 8.10. The Morgan fingerprint density at radius 2 is 2.00 bits per heavy atom. The summed E-state index contributed by atoms with van der Waals surface area (Å²) in [5.41, 5.74) is 0.465. The molecule has 0 fully saturated rings. The summed E-state index contributed by atoms with van der Waals surface area (Å²) in [7, 11) is -3.71. The molecule has 0 atom stereocenters. The van der Waals surface area contributed by atoms with Gasteiger partial charge in [-0.2, -0.15) is 0 Å². The molecule has 2 aromatic rings. The Hall–Kier alpha value is -2.39. The smallest absolute Gasteiger partial charge is 0.323 e. The number of aliphatic carboxylic acids is 1. The Bertz CT molecular complexity index is 847. The number of hydrogen-bond acceptors (Lipinski definition) is 5. The zero-order valence-electron chi connectivity index (χ0n) is 13.5. The molecule has 134 valence electrons. The Morgan fingerprint density at radius 3 is 2.60 bits per heavy atom. The number of anilines is 1. The molecular formula is C16H18N2O5S2. The highest BCUT2D eigenvalue weighted by molar-refractivity contribution is 7.94. The second kappa shape index (κ2) is 8.13. The average Bonchev–Trinajstić information content (AvgIpc) is 3.08. The van der Waals surface area contributed by atoms with Gasteiger partial charge in [0.15, 0.2) is 0 Å². The monoisotopic (exact) mass is 382 g/mol. The lowest BCUT2D eigenvalue weighted by Crippen LogP contribution is -2.36. The van der Waals surface area contributed by atoms with Gasteiger partial charge in [0.25, 0.3) is 15.9 Å². The molecule has 7 nitrogen and oxygen atoms in total. The third-order valence-corrected chi connectivity index (χ3v) is 6.01. The molecule has 9 heteroatoms. The standard InChI is InChI=1S/C16H18N2O5S2/c1-2-8-18(11-14(19)20)16(21)12-5-3-6-13(10-12)17-25(22,23)15-7-4-9-24-15/h3-7,9-10,17H,2,8,11H2,1H3,(H,19,20). The van der Waals surface area contributed by atoms with Crippen LogP contribution in [0.15, 0.2) is 46.0 Å². The maximum absolute atomic E-state index is 12.5. The molecule has 0 saturated heterocycles. The van der Waals surface area contributed by atoms with Gasteiger partial charge in [-0.1, -0.05) is 19.1 Å². The average molecular weight is 382 g/mol. The van der Waals surface area contributed by atoms with E-state index < -0.39 is 28.4 Å². The number of carbonyl (C=O) groups excluding carboxylic acids is 1. The van der Waals surface area contributed by atoms with E-state index >= 15 is 0 Å². The minimum absolute atomic E-state index is 0.169. The fraction of sp³-hybridized carbons (Fsp3) is 0.250. The van der Waals surface area contributed by atoms with E-state index in [4.69, 9.17) is 5.11 Å². The third-order valence-electron chi connectivity index (χ3n) is 3.23. The minimum Gasteiger partial charge on any atom is -0.480 e. The van der Waals surface area contributed by atoms with Crippen LogP contribution in [-0.2, 0) is 14.8 Å². The highest BCUT2D eigenvalue weighted by Crippen LogP contribution is 2.21. The fourth-order valence-electron chi connectivity index (χ4n) is 2.21. The second-order valence-electron chi connectivity index (χ2n) is 5.24. The van der Waals surface area contributed by atoms with Crippen molar-refractivity contribution in [3.8, 4) is 0 Å². The predicted molar refractivity (Wildman–Crippen MR) is 95.4 cm³/mol. The highest BCUT2D eigenvalue weighted by atomic mass is 32.2. The maximum Gasteiger partial charge on any atom is 0.323 e. The van der Waals surface area contributed by atoms with Crippen LogP contribution in [0, 0.1) is 0 Å². The van der Waals surface area contributed by atoms with Crippen LogP contribution in [0.2, 0.25) is 0 Å². The van der Waals surface area contributed by atoms with Gasteiger partial charge in [0.2, 0.25) is 0 Å². The summed E-state index contributed by atoms with van der Waals surface area (Å²) in [4.78, 5) is 24.6. The number of sulfonamides is 1. The van der Waals surface area contributed by atoms with Gasteiger partial charge in [0.1, 0.15) is 10.8 Å². The lowest BCUT2D eigenvalue weighted by atomic mass is 10.1. The van der Waals surface area contributed by atoms with Crippen LogP contribution in [0.3, 0.4) is 0 Å². The molecule has 1 amide bonds. The molecular weight excluding hydrogens is 364 g/mol. The molecule has 1 heterocycles. The summed E-state index contributed by atoms with van der Waals surface area (Å²) in [6.45, 7) is 1.74. The minimum atomic E-state index is -3.71. The Labute approximate surface area is 150 Å². The molecule has 0 saturated carbocycles. The molecule has 0 aliphatic carbocycles. The summed E-state index contributed by atoms with van der Waals surface area (Å²) < 4.78 is 27.1. The first-order valence-corrected chi connectivity index (χ1v) is 9.87. The van der Waals surface area contributed by atoms with Crippen molar-refractivity contribution in [3.05, 3.63) is 47.3 Å². The van der Waals surface area contributed by atoms with Crippen molar-refractivity contribution in [1.82, 2.24) is 4.90 Å². The van der Waals surface area contributed by atoms with Gasteiger partial charge < -0.3 is 10.0 Å². The first kappa shape index (κ1) is 18.9. The number of hydrogen-bond donors (Lipinski definition) is 2. The summed E-state index contributed by atoms with van der Waals surface area (Å²) in [5.74, 6) is -1.56. The van der Waals surface area contributed by atoms with E-state index in [1.807, 2.05) is 6.92 Å². The van der Waals surface area contributed by atoms with Crippen LogP contribution in [0.1, 0.15) is 23.7 Å². The van der Waals surface area contributed by atoms with Gasteiger partial charge in [0.05, 0.1) is 0 Å².